The molecule has 3 aromatic carbocycles. The predicted molar refractivity (Wildman–Crippen MR) is 144 cm³/mol. The van der Waals surface area contributed by atoms with Crippen LogP contribution in [0.5, 0.6) is 17.2 Å². The average molecular weight is 500 g/mol. The van der Waals surface area contributed by atoms with E-state index in [0.717, 1.165) is 41.3 Å². The second-order valence-corrected chi connectivity index (χ2v) is 8.56. The van der Waals surface area contributed by atoms with Crippen molar-refractivity contribution in [3.8, 4) is 17.2 Å². The third-order valence-electron chi connectivity index (χ3n) is 6.40. The highest BCUT2D eigenvalue weighted by atomic mass is 16.5. The van der Waals surface area contributed by atoms with Gasteiger partial charge in [-0.3, -0.25) is 9.69 Å². The van der Waals surface area contributed by atoms with Gasteiger partial charge in [0.1, 0.15) is 17.3 Å². The SMILES string of the molecule is COc1ccc(C2=N/C(=C\c3ccc(OC)c(OC)c3)C(=O)N2c2ccc(N3CCOCC3)cc2)cc1. The van der Waals surface area contributed by atoms with Gasteiger partial charge in [-0.05, 0) is 72.3 Å². The molecule has 1 fully saturated rings. The second kappa shape index (κ2) is 10.8. The molecule has 2 heterocycles. The Labute approximate surface area is 216 Å². The number of nitrogens with zero attached hydrogens (tertiary/aromatic N) is 3. The first kappa shape index (κ1) is 24.4. The van der Waals surface area contributed by atoms with Crippen LogP contribution in [0.25, 0.3) is 6.08 Å². The third-order valence-corrected chi connectivity index (χ3v) is 6.40. The molecule has 0 bridgehead atoms. The van der Waals surface area contributed by atoms with E-state index >= 15 is 0 Å². The van der Waals surface area contributed by atoms with Crippen LogP contribution in [0.1, 0.15) is 11.1 Å². The van der Waals surface area contributed by atoms with Gasteiger partial charge in [0.15, 0.2) is 11.5 Å². The maximum Gasteiger partial charge on any atom is 0.282 e. The number of carbonyl (C=O) groups excluding carboxylic acids is 1. The first-order valence-electron chi connectivity index (χ1n) is 12.1. The van der Waals surface area contributed by atoms with Crippen LogP contribution in [0.4, 0.5) is 11.4 Å². The lowest BCUT2D eigenvalue weighted by Gasteiger charge is -2.29. The van der Waals surface area contributed by atoms with Crippen molar-refractivity contribution in [2.75, 3.05) is 57.4 Å². The predicted octanol–water partition coefficient (Wildman–Crippen LogP) is 4.38. The molecule has 0 unspecified atom stereocenters. The molecule has 2 aliphatic rings. The van der Waals surface area contributed by atoms with Gasteiger partial charge in [0.2, 0.25) is 0 Å². The maximum atomic E-state index is 13.7. The number of aliphatic imine (C=N–C) groups is 1. The van der Waals surface area contributed by atoms with Gasteiger partial charge >= 0.3 is 0 Å². The molecule has 0 atom stereocenters. The zero-order valence-electron chi connectivity index (χ0n) is 21.1. The summed E-state index contributed by atoms with van der Waals surface area (Å²) in [5, 5.41) is 0. The molecule has 8 nitrogen and oxygen atoms in total. The van der Waals surface area contributed by atoms with Crippen molar-refractivity contribution in [1.29, 1.82) is 0 Å². The van der Waals surface area contributed by atoms with E-state index in [0.29, 0.717) is 36.2 Å². The van der Waals surface area contributed by atoms with Gasteiger partial charge in [-0.1, -0.05) is 6.07 Å². The number of rotatable bonds is 7. The van der Waals surface area contributed by atoms with Gasteiger partial charge in [-0.2, -0.15) is 0 Å². The van der Waals surface area contributed by atoms with Crippen LogP contribution in [-0.2, 0) is 9.53 Å². The normalized spacial score (nSPS) is 16.7. The van der Waals surface area contributed by atoms with E-state index < -0.39 is 0 Å². The molecule has 37 heavy (non-hydrogen) atoms. The van der Waals surface area contributed by atoms with Crippen LogP contribution in [-0.4, -0.2) is 59.4 Å². The molecule has 3 aromatic rings. The van der Waals surface area contributed by atoms with Gasteiger partial charge in [-0.25, -0.2) is 4.99 Å². The van der Waals surface area contributed by atoms with Gasteiger partial charge < -0.3 is 23.8 Å². The first-order valence-corrected chi connectivity index (χ1v) is 12.1. The minimum absolute atomic E-state index is 0.209. The molecule has 1 amide bonds. The molecule has 5 rings (SSSR count). The summed E-state index contributed by atoms with van der Waals surface area (Å²) in [5.74, 6) is 2.28. The summed E-state index contributed by atoms with van der Waals surface area (Å²) < 4.78 is 21.5. The van der Waals surface area contributed by atoms with Gasteiger partial charge in [-0.15, -0.1) is 0 Å². The van der Waals surface area contributed by atoms with Crippen LogP contribution in [0.3, 0.4) is 0 Å². The molecule has 0 radical (unpaired) electrons. The van der Waals surface area contributed by atoms with Gasteiger partial charge in [0.05, 0.1) is 40.2 Å². The lowest BCUT2D eigenvalue weighted by Crippen LogP contribution is -2.36. The van der Waals surface area contributed by atoms with E-state index in [-0.39, 0.29) is 5.91 Å². The Bertz CT molecular complexity index is 1330. The zero-order chi connectivity index (χ0) is 25.8. The average Bonchev–Trinajstić information content (AvgIpc) is 3.28. The monoisotopic (exact) mass is 499 g/mol. The number of methoxy groups -OCH3 is 3. The number of anilines is 2. The standard InChI is InChI=1S/C29H29N3O5/c1-34-24-11-5-21(6-12-24)28-30-25(18-20-4-13-26(35-2)27(19-20)36-3)29(33)32(28)23-9-7-22(8-10-23)31-14-16-37-17-15-31/h4-13,18-19H,14-17H2,1-3H3/b25-18-. The number of morpholine rings is 1. The molecule has 2 aliphatic heterocycles. The summed E-state index contributed by atoms with van der Waals surface area (Å²) in [4.78, 5) is 22.4. The minimum atomic E-state index is -0.209. The maximum absolute atomic E-state index is 13.7. The quantitative estimate of drug-likeness (QED) is 0.449. The lowest BCUT2D eigenvalue weighted by molar-refractivity contribution is -0.113. The zero-order valence-corrected chi connectivity index (χ0v) is 21.1. The Morgan fingerprint density at radius 2 is 1.49 bits per heavy atom. The van der Waals surface area contributed by atoms with Crippen molar-refractivity contribution in [3.05, 3.63) is 83.6 Å². The number of hydrogen-bond donors (Lipinski definition) is 0. The van der Waals surface area contributed by atoms with Crippen LogP contribution >= 0.6 is 0 Å². The van der Waals surface area contributed by atoms with E-state index in [1.807, 2.05) is 60.7 Å². The Morgan fingerprint density at radius 1 is 0.811 bits per heavy atom. The number of amidine groups is 1. The van der Waals surface area contributed by atoms with E-state index in [1.165, 1.54) is 0 Å². The summed E-state index contributed by atoms with van der Waals surface area (Å²) in [6.45, 7) is 3.12. The smallest absolute Gasteiger partial charge is 0.282 e. The lowest BCUT2D eigenvalue weighted by atomic mass is 10.1. The highest BCUT2D eigenvalue weighted by molar-refractivity contribution is 6.33. The number of carbonyl (C=O) groups is 1. The first-order chi connectivity index (χ1) is 18.1. The molecular weight excluding hydrogens is 470 g/mol. The molecule has 0 N–H and O–H groups in total. The molecule has 8 heteroatoms. The van der Waals surface area contributed by atoms with E-state index in [9.17, 15) is 4.79 Å². The number of amides is 1. The van der Waals surface area contributed by atoms with Crippen LogP contribution < -0.4 is 24.0 Å². The Kier molecular flexibility index (Phi) is 7.09. The summed E-state index contributed by atoms with van der Waals surface area (Å²) in [7, 11) is 4.79. The van der Waals surface area contributed by atoms with Crippen molar-refractivity contribution in [3.63, 3.8) is 0 Å². The number of benzene rings is 3. The molecule has 0 spiro atoms. The molecule has 190 valence electrons. The van der Waals surface area contributed by atoms with Crippen molar-refractivity contribution >= 4 is 29.2 Å². The topological polar surface area (TPSA) is 72.8 Å². The Morgan fingerprint density at radius 3 is 2.14 bits per heavy atom. The summed E-state index contributed by atoms with van der Waals surface area (Å²) in [5.41, 5.74) is 3.76. The molecule has 0 aliphatic carbocycles. The van der Waals surface area contributed by atoms with Crippen LogP contribution in [0.15, 0.2) is 77.4 Å². The Balaban J connectivity index is 1.52. The van der Waals surface area contributed by atoms with Gasteiger partial charge in [0, 0.05) is 24.3 Å². The van der Waals surface area contributed by atoms with Crippen LogP contribution in [0.2, 0.25) is 0 Å². The number of ether oxygens (including phenoxy) is 4. The fourth-order valence-corrected chi connectivity index (χ4v) is 4.42. The molecule has 0 aromatic heterocycles. The highest BCUT2D eigenvalue weighted by Gasteiger charge is 2.32. The van der Waals surface area contributed by atoms with E-state index in [1.54, 1.807) is 38.4 Å². The van der Waals surface area contributed by atoms with E-state index in [4.69, 9.17) is 23.9 Å². The molecule has 1 saturated heterocycles. The molecular formula is C29H29N3O5. The van der Waals surface area contributed by atoms with Crippen molar-refractivity contribution in [2.24, 2.45) is 4.99 Å². The van der Waals surface area contributed by atoms with Crippen molar-refractivity contribution in [1.82, 2.24) is 0 Å². The second-order valence-electron chi connectivity index (χ2n) is 8.56. The van der Waals surface area contributed by atoms with Gasteiger partial charge in [0.25, 0.3) is 5.91 Å². The fraction of sp³-hybridized carbons (Fsp3) is 0.241. The fourth-order valence-electron chi connectivity index (χ4n) is 4.42. The largest absolute Gasteiger partial charge is 0.497 e. The summed E-state index contributed by atoms with van der Waals surface area (Å²) >= 11 is 0. The third kappa shape index (κ3) is 5.01. The van der Waals surface area contributed by atoms with Crippen molar-refractivity contribution < 1.29 is 23.7 Å². The Hall–Kier alpha value is -4.30. The summed E-state index contributed by atoms with van der Waals surface area (Å²) in [6, 6.07) is 21.0. The van der Waals surface area contributed by atoms with Crippen molar-refractivity contribution in [2.45, 2.75) is 0 Å². The van der Waals surface area contributed by atoms with E-state index in [2.05, 4.69) is 4.90 Å². The number of hydrogen-bond acceptors (Lipinski definition) is 7. The molecule has 0 saturated carbocycles. The van der Waals surface area contributed by atoms with Crippen LogP contribution in [0, 0.1) is 0 Å². The minimum Gasteiger partial charge on any atom is -0.497 e. The summed E-state index contributed by atoms with van der Waals surface area (Å²) in [6.07, 6.45) is 1.76. The highest BCUT2D eigenvalue weighted by Crippen LogP contribution is 2.32.